The average molecular weight is 561 g/mol. The maximum Gasteiger partial charge on any atom is 0.165 e. The Labute approximate surface area is 244 Å². The fraction of sp³-hybridized carbons (Fsp3) is 0.486. The highest BCUT2D eigenvalue weighted by Crippen LogP contribution is 2.38. The number of methoxy groups -OCH3 is 1. The normalized spacial score (nSPS) is 17.8. The van der Waals surface area contributed by atoms with E-state index in [9.17, 15) is 9.50 Å². The van der Waals surface area contributed by atoms with Gasteiger partial charge in [0.25, 0.3) is 0 Å². The van der Waals surface area contributed by atoms with E-state index in [0.29, 0.717) is 24.0 Å². The summed E-state index contributed by atoms with van der Waals surface area (Å²) < 4.78 is 26.1. The van der Waals surface area contributed by atoms with Crippen LogP contribution in [0.25, 0.3) is 0 Å². The lowest BCUT2D eigenvalue weighted by Crippen LogP contribution is -2.31. The first kappa shape index (κ1) is 29.2. The molecule has 6 heteroatoms. The number of hydrogen-bond donors (Lipinski definition) is 2. The number of phenolic OH excluding ortho intramolecular Hbond substituents is 1. The smallest absolute Gasteiger partial charge is 0.165 e. The lowest BCUT2D eigenvalue weighted by molar-refractivity contribution is 0.192. The van der Waals surface area contributed by atoms with E-state index in [1.165, 1.54) is 48.8 Å². The number of anilines is 1. The zero-order valence-corrected chi connectivity index (χ0v) is 24.5. The number of halogens is 1. The van der Waals surface area contributed by atoms with E-state index in [0.717, 1.165) is 75.3 Å². The number of phenols is 1. The van der Waals surface area contributed by atoms with Gasteiger partial charge >= 0.3 is 0 Å². The van der Waals surface area contributed by atoms with Crippen molar-refractivity contribution in [3.05, 3.63) is 82.7 Å². The van der Waals surface area contributed by atoms with Crippen LogP contribution in [0.4, 0.5) is 10.1 Å². The number of nitrogens with one attached hydrogen (secondary N) is 1. The molecule has 3 aromatic carbocycles. The third-order valence-corrected chi connectivity index (χ3v) is 8.69. The number of fused-ring (bicyclic) bond motifs is 1. The number of hydrogen-bond acceptors (Lipinski definition) is 5. The van der Waals surface area contributed by atoms with Crippen LogP contribution in [0, 0.1) is 5.82 Å². The van der Waals surface area contributed by atoms with Crippen LogP contribution in [-0.2, 0) is 19.3 Å². The minimum absolute atomic E-state index is 0.274. The van der Waals surface area contributed by atoms with Crippen molar-refractivity contribution in [3.8, 4) is 17.2 Å². The van der Waals surface area contributed by atoms with Gasteiger partial charge in [-0.15, -0.1) is 0 Å². The minimum Gasteiger partial charge on any atom is -0.508 e. The summed E-state index contributed by atoms with van der Waals surface area (Å²) in [5.41, 5.74) is 5.95. The SMILES string of the molecule is COc1ccc(C2CCc3cc(O)ccc3C2)c(NCCCc2ccc(OCCN3CCCCCCC3)c(F)c2)c1. The summed E-state index contributed by atoms with van der Waals surface area (Å²) >= 11 is 0. The Balaban J connectivity index is 1.12. The molecule has 1 fully saturated rings. The largest absolute Gasteiger partial charge is 0.508 e. The van der Waals surface area contributed by atoms with Crippen molar-refractivity contribution in [1.29, 1.82) is 0 Å². The molecule has 41 heavy (non-hydrogen) atoms. The van der Waals surface area contributed by atoms with Gasteiger partial charge in [0.05, 0.1) is 7.11 Å². The Kier molecular flexibility index (Phi) is 10.4. The van der Waals surface area contributed by atoms with Crippen LogP contribution >= 0.6 is 0 Å². The predicted octanol–water partition coefficient (Wildman–Crippen LogP) is 7.50. The molecule has 1 unspecified atom stereocenters. The van der Waals surface area contributed by atoms with Gasteiger partial charge in [0.2, 0.25) is 0 Å². The van der Waals surface area contributed by atoms with Crippen molar-refractivity contribution in [2.75, 3.05) is 45.2 Å². The molecule has 5 nitrogen and oxygen atoms in total. The summed E-state index contributed by atoms with van der Waals surface area (Å²) in [4.78, 5) is 2.45. The molecule has 2 aliphatic rings. The monoisotopic (exact) mass is 560 g/mol. The van der Waals surface area contributed by atoms with Crippen molar-refractivity contribution in [2.24, 2.45) is 0 Å². The number of nitrogens with zero attached hydrogens (tertiary/aromatic N) is 1. The molecule has 0 radical (unpaired) electrons. The first-order valence-electron chi connectivity index (χ1n) is 15.4. The molecule has 1 atom stereocenters. The maximum absolute atomic E-state index is 14.8. The summed E-state index contributed by atoms with van der Waals surface area (Å²) in [5.74, 6) is 1.66. The fourth-order valence-corrected chi connectivity index (χ4v) is 6.33. The van der Waals surface area contributed by atoms with Gasteiger partial charge < -0.3 is 19.9 Å². The Bertz CT molecular complexity index is 1270. The van der Waals surface area contributed by atoms with Crippen molar-refractivity contribution in [1.82, 2.24) is 4.90 Å². The summed E-state index contributed by atoms with van der Waals surface area (Å²) in [7, 11) is 1.69. The number of aryl methyl sites for hydroxylation is 2. The molecule has 220 valence electrons. The molecule has 1 heterocycles. The third kappa shape index (κ3) is 8.16. The molecule has 0 amide bonds. The molecular formula is C35H45FN2O3. The average Bonchev–Trinajstić information content (AvgIpc) is 2.97. The molecule has 0 aromatic heterocycles. The molecule has 5 rings (SSSR count). The Hall–Kier alpha value is -3.25. The van der Waals surface area contributed by atoms with Crippen LogP contribution in [0.1, 0.15) is 73.1 Å². The van der Waals surface area contributed by atoms with Crippen LogP contribution in [0.5, 0.6) is 17.2 Å². The van der Waals surface area contributed by atoms with Gasteiger partial charge in [-0.3, -0.25) is 4.90 Å². The summed E-state index contributed by atoms with van der Waals surface area (Å²) in [5, 5.41) is 13.5. The van der Waals surface area contributed by atoms with E-state index >= 15 is 0 Å². The van der Waals surface area contributed by atoms with Crippen molar-refractivity contribution in [3.63, 3.8) is 0 Å². The second-order valence-electron chi connectivity index (χ2n) is 11.6. The summed E-state index contributed by atoms with van der Waals surface area (Å²) in [6.45, 7) is 4.41. The lowest BCUT2D eigenvalue weighted by Gasteiger charge is -2.27. The highest BCUT2D eigenvalue weighted by atomic mass is 19.1. The van der Waals surface area contributed by atoms with Gasteiger partial charge in [0, 0.05) is 24.8 Å². The number of benzene rings is 3. The molecule has 2 N–H and O–H groups in total. The van der Waals surface area contributed by atoms with Crippen LogP contribution in [0.3, 0.4) is 0 Å². The van der Waals surface area contributed by atoms with Gasteiger partial charge in [-0.1, -0.05) is 37.5 Å². The van der Waals surface area contributed by atoms with E-state index in [2.05, 4.69) is 28.4 Å². The third-order valence-electron chi connectivity index (χ3n) is 8.69. The van der Waals surface area contributed by atoms with Gasteiger partial charge in [0.1, 0.15) is 18.1 Å². The van der Waals surface area contributed by atoms with E-state index < -0.39 is 0 Å². The van der Waals surface area contributed by atoms with E-state index in [1.807, 2.05) is 18.2 Å². The van der Waals surface area contributed by atoms with E-state index in [1.54, 1.807) is 25.3 Å². The predicted molar refractivity (Wildman–Crippen MR) is 164 cm³/mol. The number of aromatic hydroxyl groups is 1. The Morgan fingerprint density at radius 3 is 2.59 bits per heavy atom. The van der Waals surface area contributed by atoms with E-state index in [4.69, 9.17) is 9.47 Å². The Morgan fingerprint density at radius 1 is 0.951 bits per heavy atom. The molecule has 0 saturated carbocycles. The standard InChI is InChI=1S/C35H45FN2O3/c1-40-31-14-15-32(29-11-10-28-24-30(39)13-12-27(28)23-29)34(25-31)37-17-7-8-26-9-16-35(33(36)22-26)41-21-20-38-18-5-3-2-4-6-19-38/h9,12-16,22,24-25,29,37,39H,2-8,10-11,17-21,23H2,1H3. The van der Waals surface area contributed by atoms with Crippen molar-refractivity contribution < 1.29 is 19.0 Å². The topological polar surface area (TPSA) is 54.0 Å². The zero-order chi connectivity index (χ0) is 28.4. The molecular weight excluding hydrogens is 515 g/mol. The highest BCUT2D eigenvalue weighted by Gasteiger charge is 2.23. The molecule has 0 bridgehead atoms. The van der Waals surface area contributed by atoms with E-state index in [-0.39, 0.29) is 5.82 Å². The number of rotatable bonds is 11. The molecule has 1 saturated heterocycles. The van der Waals surface area contributed by atoms with Crippen LogP contribution in [0.15, 0.2) is 54.6 Å². The summed E-state index contributed by atoms with van der Waals surface area (Å²) in [6.07, 6.45) is 11.1. The van der Waals surface area contributed by atoms with Crippen LogP contribution < -0.4 is 14.8 Å². The second kappa shape index (κ2) is 14.6. The lowest BCUT2D eigenvalue weighted by atomic mass is 9.79. The first-order chi connectivity index (χ1) is 20.1. The van der Waals surface area contributed by atoms with Gasteiger partial charge in [-0.2, -0.15) is 0 Å². The zero-order valence-electron chi connectivity index (χ0n) is 24.5. The molecule has 0 spiro atoms. The first-order valence-corrected chi connectivity index (χ1v) is 15.4. The minimum atomic E-state index is -0.274. The summed E-state index contributed by atoms with van der Waals surface area (Å²) in [6, 6.07) is 17.4. The fourth-order valence-electron chi connectivity index (χ4n) is 6.33. The van der Waals surface area contributed by atoms with Crippen LogP contribution in [-0.4, -0.2) is 49.9 Å². The Morgan fingerprint density at radius 2 is 1.78 bits per heavy atom. The van der Waals surface area contributed by atoms with Crippen molar-refractivity contribution >= 4 is 5.69 Å². The number of ether oxygens (including phenoxy) is 2. The highest BCUT2D eigenvalue weighted by molar-refractivity contribution is 5.57. The quantitative estimate of drug-likeness (QED) is 0.238. The van der Waals surface area contributed by atoms with Gasteiger partial charge in [0.15, 0.2) is 11.6 Å². The van der Waals surface area contributed by atoms with Crippen LogP contribution in [0.2, 0.25) is 0 Å². The second-order valence-corrected chi connectivity index (χ2v) is 11.6. The number of likely N-dealkylation sites (tertiary alicyclic amines) is 1. The van der Waals surface area contributed by atoms with Gasteiger partial charge in [-0.25, -0.2) is 4.39 Å². The maximum atomic E-state index is 14.8. The van der Waals surface area contributed by atoms with Gasteiger partial charge in [-0.05, 0) is 117 Å². The van der Waals surface area contributed by atoms with Crippen molar-refractivity contribution in [2.45, 2.75) is 70.1 Å². The molecule has 3 aromatic rings. The molecule has 1 aliphatic heterocycles. The molecule has 1 aliphatic carbocycles.